The number of carbonyl (C=O) groups excluding carboxylic acids is 2. The minimum absolute atomic E-state index is 0.101. The fourth-order valence-corrected chi connectivity index (χ4v) is 1.97. The molecule has 0 spiro atoms. The lowest BCUT2D eigenvalue weighted by Crippen LogP contribution is -2.32. The first-order valence-electron chi connectivity index (χ1n) is 4.65. The van der Waals surface area contributed by atoms with Gasteiger partial charge in [0.05, 0.1) is 5.56 Å². The maximum atomic E-state index is 11.9. The van der Waals surface area contributed by atoms with Crippen molar-refractivity contribution in [3.63, 3.8) is 0 Å². The van der Waals surface area contributed by atoms with Gasteiger partial charge in [-0.05, 0) is 34.5 Å². The minimum atomic E-state index is -0.266. The van der Waals surface area contributed by atoms with Gasteiger partial charge in [-0.3, -0.25) is 14.5 Å². The number of halogens is 1. The van der Waals surface area contributed by atoms with Crippen LogP contribution < -0.4 is 0 Å². The third-order valence-corrected chi connectivity index (χ3v) is 2.94. The maximum absolute atomic E-state index is 11.9. The number of carbonyl (C=O) groups is 2. The smallest absolute Gasteiger partial charge is 0.263 e. The SMILES string of the molecule is O=C1CCCN1C(=O)c1cccnc1Br. The predicted octanol–water partition coefficient (Wildman–Crippen LogP) is 1.61. The van der Waals surface area contributed by atoms with Crippen LogP contribution in [0.15, 0.2) is 22.9 Å². The van der Waals surface area contributed by atoms with Crippen LogP contribution in [0.2, 0.25) is 0 Å². The lowest BCUT2D eigenvalue weighted by Gasteiger charge is -2.13. The van der Waals surface area contributed by atoms with Gasteiger partial charge in [-0.25, -0.2) is 4.98 Å². The summed E-state index contributed by atoms with van der Waals surface area (Å²) < 4.78 is 0.481. The van der Waals surface area contributed by atoms with E-state index in [0.29, 0.717) is 23.1 Å². The Morgan fingerprint density at radius 3 is 2.93 bits per heavy atom. The van der Waals surface area contributed by atoms with Crippen LogP contribution in [0.1, 0.15) is 23.2 Å². The van der Waals surface area contributed by atoms with Gasteiger partial charge >= 0.3 is 0 Å². The topological polar surface area (TPSA) is 50.3 Å². The number of aromatic nitrogens is 1. The molecule has 1 aliphatic rings. The molecule has 0 saturated carbocycles. The predicted molar refractivity (Wildman–Crippen MR) is 57.2 cm³/mol. The molecule has 0 N–H and O–H groups in total. The van der Waals surface area contributed by atoms with Crippen molar-refractivity contribution in [1.82, 2.24) is 9.88 Å². The fraction of sp³-hybridized carbons (Fsp3) is 0.300. The molecule has 2 rings (SSSR count). The molecule has 1 aromatic heterocycles. The quantitative estimate of drug-likeness (QED) is 0.575. The number of imide groups is 1. The molecule has 15 heavy (non-hydrogen) atoms. The zero-order chi connectivity index (χ0) is 10.8. The van der Waals surface area contributed by atoms with Crippen LogP contribution in [-0.4, -0.2) is 28.2 Å². The van der Waals surface area contributed by atoms with Crippen molar-refractivity contribution in [3.05, 3.63) is 28.5 Å². The van der Waals surface area contributed by atoms with Gasteiger partial charge in [-0.15, -0.1) is 0 Å². The summed E-state index contributed by atoms with van der Waals surface area (Å²) in [5.41, 5.74) is 0.438. The third kappa shape index (κ3) is 1.92. The minimum Gasteiger partial charge on any atom is -0.278 e. The highest BCUT2D eigenvalue weighted by Gasteiger charge is 2.28. The highest BCUT2D eigenvalue weighted by molar-refractivity contribution is 9.10. The van der Waals surface area contributed by atoms with Crippen LogP contribution >= 0.6 is 15.9 Å². The van der Waals surface area contributed by atoms with Gasteiger partial charge in [0, 0.05) is 19.2 Å². The normalized spacial score (nSPS) is 15.8. The average Bonchev–Trinajstić information content (AvgIpc) is 2.64. The van der Waals surface area contributed by atoms with Crippen molar-refractivity contribution in [2.45, 2.75) is 12.8 Å². The van der Waals surface area contributed by atoms with E-state index in [-0.39, 0.29) is 11.8 Å². The van der Waals surface area contributed by atoms with Crippen molar-refractivity contribution in [3.8, 4) is 0 Å². The number of amides is 2. The Morgan fingerprint density at radius 2 is 2.33 bits per heavy atom. The summed E-state index contributed by atoms with van der Waals surface area (Å²) in [6.07, 6.45) is 2.80. The molecule has 2 heterocycles. The second-order valence-corrected chi connectivity index (χ2v) is 4.05. The van der Waals surface area contributed by atoms with Gasteiger partial charge in [0.25, 0.3) is 5.91 Å². The van der Waals surface area contributed by atoms with Crippen LogP contribution in [-0.2, 0) is 4.79 Å². The van der Waals surface area contributed by atoms with E-state index in [0.717, 1.165) is 6.42 Å². The van der Waals surface area contributed by atoms with Gasteiger partial charge in [0.1, 0.15) is 4.60 Å². The monoisotopic (exact) mass is 268 g/mol. The van der Waals surface area contributed by atoms with Crippen molar-refractivity contribution < 1.29 is 9.59 Å². The Morgan fingerprint density at radius 1 is 1.53 bits per heavy atom. The standard InChI is InChI=1S/C10H9BrN2O2/c11-9-7(3-1-5-12-9)10(15)13-6-2-4-8(13)14/h1,3,5H,2,4,6H2. The summed E-state index contributed by atoms with van der Waals surface area (Å²) in [6.45, 7) is 0.513. The lowest BCUT2D eigenvalue weighted by molar-refractivity contribution is -0.125. The molecule has 0 aromatic carbocycles. The van der Waals surface area contributed by atoms with Crippen LogP contribution in [0.3, 0.4) is 0 Å². The molecule has 1 aromatic rings. The number of hydrogen-bond donors (Lipinski definition) is 0. The van der Waals surface area contributed by atoms with E-state index in [1.54, 1.807) is 18.3 Å². The van der Waals surface area contributed by atoms with Gasteiger partial charge in [0.2, 0.25) is 5.91 Å². The van der Waals surface area contributed by atoms with E-state index in [1.165, 1.54) is 4.90 Å². The van der Waals surface area contributed by atoms with Gasteiger partial charge in [-0.2, -0.15) is 0 Å². The zero-order valence-electron chi connectivity index (χ0n) is 7.94. The third-order valence-electron chi connectivity index (χ3n) is 2.31. The number of likely N-dealkylation sites (tertiary alicyclic amines) is 1. The number of hydrogen-bond acceptors (Lipinski definition) is 3. The first-order valence-corrected chi connectivity index (χ1v) is 5.44. The molecule has 0 unspecified atom stereocenters. The van der Waals surface area contributed by atoms with Crippen LogP contribution in [0.5, 0.6) is 0 Å². The Kier molecular flexibility index (Phi) is 2.81. The summed E-state index contributed by atoms with van der Waals surface area (Å²) in [5.74, 6) is -0.367. The molecule has 1 saturated heterocycles. The van der Waals surface area contributed by atoms with E-state index in [4.69, 9.17) is 0 Å². The summed E-state index contributed by atoms with van der Waals surface area (Å²) in [5, 5.41) is 0. The zero-order valence-corrected chi connectivity index (χ0v) is 9.53. The first kappa shape index (κ1) is 10.3. The average molecular weight is 269 g/mol. The van der Waals surface area contributed by atoms with Gasteiger partial charge in [0.15, 0.2) is 0 Å². The van der Waals surface area contributed by atoms with Crippen molar-refractivity contribution >= 4 is 27.7 Å². The maximum Gasteiger partial charge on any atom is 0.263 e. The molecule has 1 fully saturated rings. The van der Waals surface area contributed by atoms with E-state index >= 15 is 0 Å². The fourth-order valence-electron chi connectivity index (χ4n) is 1.55. The molecule has 0 aliphatic carbocycles. The molecule has 4 nitrogen and oxygen atoms in total. The van der Waals surface area contributed by atoms with Gasteiger partial charge < -0.3 is 0 Å². The second-order valence-electron chi connectivity index (χ2n) is 3.30. The van der Waals surface area contributed by atoms with Crippen LogP contribution in [0.25, 0.3) is 0 Å². The number of nitrogens with zero attached hydrogens (tertiary/aromatic N) is 2. The van der Waals surface area contributed by atoms with Crippen molar-refractivity contribution in [2.24, 2.45) is 0 Å². The van der Waals surface area contributed by atoms with Crippen LogP contribution in [0, 0.1) is 0 Å². The molecule has 0 radical (unpaired) electrons. The summed E-state index contributed by atoms with van der Waals surface area (Å²) in [6, 6.07) is 3.34. The molecular weight excluding hydrogens is 260 g/mol. The molecule has 0 bridgehead atoms. The van der Waals surface area contributed by atoms with Gasteiger partial charge in [-0.1, -0.05) is 0 Å². The largest absolute Gasteiger partial charge is 0.278 e. The van der Waals surface area contributed by atoms with E-state index in [2.05, 4.69) is 20.9 Å². The molecule has 78 valence electrons. The Hall–Kier alpha value is -1.23. The van der Waals surface area contributed by atoms with E-state index in [1.807, 2.05) is 0 Å². The Balaban J connectivity index is 2.28. The summed E-state index contributed by atoms with van der Waals surface area (Å²) >= 11 is 3.19. The van der Waals surface area contributed by atoms with Crippen molar-refractivity contribution in [2.75, 3.05) is 6.54 Å². The molecule has 2 amide bonds. The molecule has 1 aliphatic heterocycles. The molecule has 5 heteroatoms. The summed E-state index contributed by atoms with van der Waals surface area (Å²) in [4.78, 5) is 28.5. The first-order chi connectivity index (χ1) is 7.20. The Bertz CT molecular complexity index is 420. The second kappa shape index (κ2) is 4.10. The number of rotatable bonds is 1. The van der Waals surface area contributed by atoms with E-state index < -0.39 is 0 Å². The van der Waals surface area contributed by atoms with E-state index in [9.17, 15) is 9.59 Å². The highest BCUT2D eigenvalue weighted by atomic mass is 79.9. The summed E-state index contributed by atoms with van der Waals surface area (Å²) in [7, 11) is 0. The molecule has 0 atom stereocenters. The van der Waals surface area contributed by atoms with Crippen LogP contribution in [0.4, 0.5) is 0 Å². The molecular formula is C10H9BrN2O2. The highest BCUT2D eigenvalue weighted by Crippen LogP contribution is 2.18. The Labute approximate surface area is 95.4 Å². The van der Waals surface area contributed by atoms with Crippen molar-refractivity contribution in [1.29, 1.82) is 0 Å². The lowest BCUT2D eigenvalue weighted by atomic mass is 10.2. The number of pyridine rings is 1.